The lowest BCUT2D eigenvalue weighted by atomic mass is 9.95. The summed E-state index contributed by atoms with van der Waals surface area (Å²) in [6.45, 7) is 6.60. The smallest absolute Gasteiger partial charge is 0.330 e. The van der Waals surface area contributed by atoms with Gasteiger partial charge >= 0.3 is 23.6 Å². The number of ether oxygens (including phenoxy) is 5. The molecule has 0 spiro atoms. The Balaban J connectivity index is 1.50. The van der Waals surface area contributed by atoms with Crippen molar-refractivity contribution in [3.8, 4) is 0 Å². The number of aliphatic hydroxyl groups is 3. The molecule has 31 heteroatoms. The van der Waals surface area contributed by atoms with E-state index in [1.165, 1.54) is 7.11 Å². The molecule has 15 atom stereocenters. The molecule has 0 bridgehead atoms. The maximum Gasteiger partial charge on any atom is 0.330 e. The van der Waals surface area contributed by atoms with E-state index in [0.29, 0.717) is 13.0 Å². The summed E-state index contributed by atoms with van der Waals surface area (Å²) in [7, 11) is 1.23. The first-order valence-electron chi connectivity index (χ1n) is 28.1. The van der Waals surface area contributed by atoms with Crippen LogP contribution in [0.5, 0.6) is 0 Å². The number of aliphatic hydroxyl groups excluding tert-OH is 3. The van der Waals surface area contributed by atoms with Gasteiger partial charge in [-0.3, -0.25) is 59.2 Å². The number of nitrogens with one attached hydrogen (secondary N) is 7. The number of carboxylic acids is 2. The number of esters is 1. The summed E-state index contributed by atoms with van der Waals surface area (Å²) < 4.78 is 30.1. The van der Waals surface area contributed by atoms with Crippen LogP contribution < -0.4 is 55.0 Å². The van der Waals surface area contributed by atoms with Crippen molar-refractivity contribution in [2.75, 3.05) is 39.8 Å². The summed E-state index contributed by atoms with van der Waals surface area (Å²) in [6.07, 6.45) is -5.44. The summed E-state index contributed by atoms with van der Waals surface area (Å²) in [5.74, 6) is -6.49. The highest BCUT2D eigenvalue weighted by molar-refractivity contribution is 5.92. The highest BCUT2D eigenvalue weighted by Crippen LogP contribution is 2.35. The molecule has 82 heavy (non-hydrogen) atoms. The van der Waals surface area contributed by atoms with E-state index in [-0.39, 0.29) is 57.4 Å². The van der Waals surface area contributed by atoms with Crippen LogP contribution in [-0.4, -0.2) is 212 Å². The number of hydrogen-bond acceptors (Lipinski definition) is 23. The number of H-pyrrole nitrogens is 1. The van der Waals surface area contributed by atoms with Crippen molar-refractivity contribution in [2.45, 2.75) is 203 Å². The number of methoxy groups -OCH3 is 1. The Morgan fingerprint density at radius 1 is 0.866 bits per heavy atom. The Bertz CT molecular complexity index is 2360. The molecule has 1 aromatic rings. The summed E-state index contributed by atoms with van der Waals surface area (Å²) in [5, 5.41) is 85.8. The lowest BCUT2D eigenvalue weighted by Gasteiger charge is -2.35. The number of aromatic amines is 1. The molecule has 0 radical (unpaired) electrons. The standard InChI is InChI=1S/C51H89N13O18/c1-26(2)32(46(72)73)61-33(28-18-22-58-50(55)59-28)44(71)62-34(39(27(3)4)80-31(66)17-14-12-10-8-6-7-9-11-13-15-23-64(77)49(53)54)43(70)57-21-16-20-56-35(47(74)75)40(82-48-42(78-5)36(67)29(25-52)79-48)41-37(68)38(69)45(81-41)63-24-19-30(65)60-51(63)76/h19,24,26-29,32-42,45,48,56,61,67-69,77H,6-18,20-23,25,52H2,1-5H3,(H3,53,54)(H,57,70)(H,62,71)(H,72,73)(H,74,75)(H3,55,58,59)(H,60,65,76)/t28-,29+,32-,33-,34-,35-,36+,37-,38+,39-,40-,41-,42+,45+,48-/m0/s1. The minimum absolute atomic E-state index is 0.0135. The van der Waals surface area contributed by atoms with Gasteiger partial charge in [0.1, 0.15) is 73.0 Å². The fraction of sp³-hybridized carbons (Fsp3) is 0.784. The van der Waals surface area contributed by atoms with Crippen LogP contribution in [-0.2, 0) is 47.7 Å². The molecule has 2 amide bonds. The fourth-order valence-electron chi connectivity index (χ4n) is 9.99. The average Bonchev–Trinajstić information content (AvgIpc) is 3.96. The number of nitrogens with zero attached hydrogens (tertiary/aromatic N) is 3. The van der Waals surface area contributed by atoms with Crippen LogP contribution in [0.4, 0.5) is 0 Å². The monoisotopic (exact) mass is 1170 g/mol. The number of rotatable bonds is 37. The van der Waals surface area contributed by atoms with E-state index < -0.39 is 144 Å². The zero-order valence-electron chi connectivity index (χ0n) is 47.4. The SMILES string of the molecule is CO[C@H]1[C@H](O[C@H]([C@H]2O[C@@H](n3ccc(=O)[nH]c3=O)[C@H](O)[C@@H]2O)[C@H](NCCCNC(=O)[C@@H](NC(=O)[C@@H](N[C@H](C(=O)O)C(C)C)[C@@H]2CCN=C(N)N2)[C@@H](OC(=O)CCCCCCCCCCCCN(O)C(=N)N)C(C)C)C(=O)O)O[C@H](CN)[C@H]1O. The molecule has 1 aromatic heterocycles. The Labute approximate surface area is 475 Å². The van der Waals surface area contributed by atoms with Gasteiger partial charge in [-0.2, -0.15) is 0 Å². The number of amides is 2. The summed E-state index contributed by atoms with van der Waals surface area (Å²) >= 11 is 0. The molecule has 2 fully saturated rings. The molecular weight excluding hydrogens is 1080 g/mol. The summed E-state index contributed by atoms with van der Waals surface area (Å²) in [6, 6.07) is -5.73. The molecule has 0 saturated carbocycles. The van der Waals surface area contributed by atoms with Gasteiger partial charge in [0.05, 0.1) is 6.04 Å². The molecule has 31 nitrogen and oxygen atoms in total. The largest absolute Gasteiger partial charge is 0.480 e. The van der Waals surface area contributed by atoms with Crippen LogP contribution in [0.3, 0.4) is 0 Å². The van der Waals surface area contributed by atoms with Gasteiger partial charge in [0, 0.05) is 52.0 Å². The van der Waals surface area contributed by atoms with Crippen LogP contribution >= 0.6 is 0 Å². The van der Waals surface area contributed by atoms with E-state index >= 15 is 0 Å². The molecule has 3 aliphatic rings. The number of aliphatic imine (C=N–C) groups is 1. The number of hydroxylamine groups is 2. The molecule has 19 N–H and O–H groups in total. The topological polar surface area (TPSA) is 485 Å². The minimum Gasteiger partial charge on any atom is -0.480 e. The lowest BCUT2D eigenvalue weighted by Crippen LogP contribution is -2.66. The number of aliphatic carboxylic acids is 2. The van der Waals surface area contributed by atoms with Gasteiger partial charge in [0.2, 0.25) is 17.8 Å². The van der Waals surface area contributed by atoms with E-state index in [1.54, 1.807) is 27.7 Å². The quantitative estimate of drug-likeness (QED) is 0.0103. The first kappa shape index (κ1) is 68.6. The van der Waals surface area contributed by atoms with E-state index in [9.17, 15) is 64.3 Å². The van der Waals surface area contributed by atoms with Crippen molar-refractivity contribution in [3.05, 3.63) is 33.1 Å². The number of carbonyl (C=O) groups is 5. The number of hydrogen-bond donors (Lipinski definition) is 16. The third-order valence-corrected chi connectivity index (χ3v) is 14.6. The number of guanidine groups is 2. The zero-order chi connectivity index (χ0) is 60.8. The Kier molecular flexibility index (Phi) is 28.5. The normalized spacial score (nSPS) is 24.8. The molecule has 4 heterocycles. The van der Waals surface area contributed by atoms with Gasteiger partial charge in [-0.1, -0.05) is 79.1 Å². The van der Waals surface area contributed by atoms with Gasteiger partial charge in [0.15, 0.2) is 18.5 Å². The molecular formula is C51H89N13O18. The molecule has 0 unspecified atom stereocenters. The maximum absolute atomic E-state index is 14.5. The van der Waals surface area contributed by atoms with Gasteiger partial charge in [-0.15, -0.1) is 0 Å². The highest BCUT2D eigenvalue weighted by Gasteiger charge is 2.54. The Morgan fingerprint density at radius 2 is 1.50 bits per heavy atom. The number of carboxylic acid groups (broad SMARTS) is 2. The van der Waals surface area contributed by atoms with Gasteiger partial charge in [-0.25, -0.2) is 9.86 Å². The summed E-state index contributed by atoms with van der Waals surface area (Å²) in [5.41, 5.74) is 15.3. The van der Waals surface area contributed by atoms with Crippen molar-refractivity contribution >= 4 is 41.6 Å². The van der Waals surface area contributed by atoms with E-state index in [1.807, 2.05) is 4.98 Å². The van der Waals surface area contributed by atoms with Crippen LogP contribution in [0.25, 0.3) is 0 Å². The number of carbonyl (C=O) groups excluding carboxylic acids is 3. The van der Waals surface area contributed by atoms with Crippen molar-refractivity contribution < 1.29 is 78.4 Å². The van der Waals surface area contributed by atoms with Crippen molar-refractivity contribution in [1.29, 1.82) is 5.41 Å². The predicted octanol–water partition coefficient (Wildman–Crippen LogP) is -3.18. The maximum atomic E-state index is 14.5. The van der Waals surface area contributed by atoms with E-state index in [4.69, 9.17) is 46.3 Å². The average molecular weight is 1170 g/mol. The Morgan fingerprint density at radius 3 is 2.06 bits per heavy atom. The number of aromatic nitrogens is 2. The van der Waals surface area contributed by atoms with E-state index in [2.05, 4.69) is 31.6 Å². The summed E-state index contributed by atoms with van der Waals surface area (Å²) in [4.78, 5) is 98.9. The molecule has 2 saturated heterocycles. The molecule has 4 rings (SSSR count). The van der Waals surface area contributed by atoms with Crippen LogP contribution in [0.15, 0.2) is 26.8 Å². The van der Waals surface area contributed by atoms with Crippen molar-refractivity contribution in [3.63, 3.8) is 0 Å². The van der Waals surface area contributed by atoms with Crippen molar-refractivity contribution in [1.82, 2.24) is 41.2 Å². The second-order valence-electron chi connectivity index (χ2n) is 21.5. The predicted molar refractivity (Wildman–Crippen MR) is 293 cm³/mol. The van der Waals surface area contributed by atoms with E-state index in [0.717, 1.165) is 79.7 Å². The second kappa shape index (κ2) is 34.0. The molecule has 466 valence electrons. The molecule has 0 aliphatic carbocycles. The highest BCUT2D eigenvalue weighted by atomic mass is 16.7. The first-order chi connectivity index (χ1) is 38.9. The van der Waals surface area contributed by atoms with Crippen molar-refractivity contribution in [2.24, 2.45) is 34.0 Å². The number of unbranched alkanes of at least 4 members (excludes halogenated alkanes) is 9. The van der Waals surface area contributed by atoms with Gasteiger partial charge in [0.25, 0.3) is 5.56 Å². The van der Waals surface area contributed by atoms with Crippen LogP contribution in [0.2, 0.25) is 0 Å². The second-order valence-corrected chi connectivity index (χ2v) is 21.5. The fourth-order valence-corrected chi connectivity index (χ4v) is 9.99. The lowest BCUT2D eigenvalue weighted by molar-refractivity contribution is -0.231. The third kappa shape index (κ3) is 20.2. The minimum atomic E-state index is -1.93. The first-order valence-corrected chi connectivity index (χ1v) is 28.1. The Hall–Kier alpha value is -5.87. The zero-order valence-corrected chi connectivity index (χ0v) is 47.4. The van der Waals surface area contributed by atoms with Gasteiger partial charge < -0.3 is 87.7 Å². The van der Waals surface area contributed by atoms with Crippen LogP contribution in [0.1, 0.15) is 117 Å². The van der Waals surface area contributed by atoms with Gasteiger partial charge in [-0.05, 0) is 44.1 Å². The molecule has 0 aromatic carbocycles. The van der Waals surface area contributed by atoms with Crippen LogP contribution in [0, 0.1) is 17.2 Å². The third-order valence-electron chi connectivity index (χ3n) is 14.6. The number of nitrogens with two attached hydrogens (primary N) is 3. The molecule has 3 aliphatic heterocycles.